The van der Waals surface area contributed by atoms with Crippen LogP contribution in [0.5, 0.6) is 0 Å². The third kappa shape index (κ3) is 4.81. The molecule has 6 heteroatoms. The van der Waals surface area contributed by atoms with Crippen molar-refractivity contribution in [2.75, 3.05) is 11.9 Å². The monoisotopic (exact) mass is 266 g/mol. The summed E-state index contributed by atoms with van der Waals surface area (Å²) in [6, 6.07) is 3.75. The second-order valence-electron chi connectivity index (χ2n) is 3.67. The van der Waals surface area contributed by atoms with Crippen LogP contribution in [0.4, 0.5) is 19.0 Å². The lowest BCUT2D eigenvalue weighted by molar-refractivity contribution is -0.141. The van der Waals surface area contributed by atoms with Crippen LogP contribution in [-0.2, 0) is 6.18 Å². The molecule has 1 rings (SSSR count). The van der Waals surface area contributed by atoms with Gasteiger partial charge >= 0.3 is 6.18 Å². The van der Waals surface area contributed by atoms with Crippen LogP contribution in [0.25, 0.3) is 0 Å². The van der Waals surface area contributed by atoms with E-state index >= 15 is 0 Å². The van der Waals surface area contributed by atoms with Gasteiger partial charge < -0.3 is 5.32 Å². The van der Waals surface area contributed by atoms with Gasteiger partial charge in [0, 0.05) is 6.54 Å². The average molecular weight is 267 g/mol. The molecule has 1 aromatic heterocycles. The maximum atomic E-state index is 12.4. The smallest absolute Gasteiger partial charge is 0.369 e. The number of nitrogens with one attached hydrogen (secondary N) is 1. The van der Waals surface area contributed by atoms with Gasteiger partial charge in [-0.25, -0.2) is 4.98 Å². The largest absolute Gasteiger partial charge is 0.433 e. The number of aromatic nitrogens is 1. The van der Waals surface area contributed by atoms with Gasteiger partial charge in [0.2, 0.25) is 0 Å². The highest BCUT2D eigenvalue weighted by Crippen LogP contribution is 2.28. The van der Waals surface area contributed by atoms with E-state index in [0.29, 0.717) is 6.54 Å². The predicted molar refractivity (Wildman–Crippen MR) is 62.3 cm³/mol. The molecule has 17 heavy (non-hydrogen) atoms. The molecule has 0 aliphatic rings. The van der Waals surface area contributed by atoms with E-state index in [-0.39, 0.29) is 11.2 Å². The number of rotatable bonds is 5. The lowest BCUT2D eigenvalue weighted by Gasteiger charge is -2.12. The maximum absolute atomic E-state index is 12.4. The topological polar surface area (TPSA) is 24.9 Å². The number of halogens is 4. The first kappa shape index (κ1) is 14.1. The molecule has 0 radical (unpaired) electrons. The Kier molecular flexibility index (Phi) is 5.05. The van der Waals surface area contributed by atoms with E-state index in [1.807, 2.05) is 6.92 Å². The Morgan fingerprint density at radius 3 is 2.71 bits per heavy atom. The molecular weight excluding hydrogens is 253 g/mol. The highest BCUT2D eigenvalue weighted by atomic mass is 35.5. The Hall–Kier alpha value is -0.970. The third-order valence-corrected chi connectivity index (χ3v) is 2.52. The summed E-state index contributed by atoms with van der Waals surface area (Å²) in [6.07, 6.45) is -2.67. The molecule has 0 bridgehead atoms. The quantitative estimate of drug-likeness (QED) is 0.817. The molecule has 1 aromatic rings. The van der Waals surface area contributed by atoms with E-state index in [1.54, 1.807) is 0 Å². The molecule has 0 fully saturated rings. The molecule has 0 aromatic carbocycles. The Bertz CT molecular complexity index is 355. The number of alkyl halides is 4. The molecule has 2 nitrogen and oxygen atoms in total. The zero-order valence-electron chi connectivity index (χ0n) is 9.39. The molecule has 0 spiro atoms. The highest BCUT2D eigenvalue weighted by molar-refractivity contribution is 6.20. The van der Waals surface area contributed by atoms with Crippen molar-refractivity contribution < 1.29 is 13.2 Å². The first-order chi connectivity index (χ1) is 7.93. The first-order valence-corrected chi connectivity index (χ1v) is 5.79. The molecule has 1 N–H and O–H groups in total. The average Bonchev–Trinajstić information content (AvgIpc) is 2.26. The summed E-state index contributed by atoms with van der Waals surface area (Å²) in [5.74, 6) is 0.196. The van der Waals surface area contributed by atoms with Gasteiger partial charge in [-0.2, -0.15) is 13.2 Å². The molecule has 96 valence electrons. The molecule has 1 heterocycles. The molecule has 0 saturated carbocycles. The Labute approximate surface area is 103 Å². The normalized spacial score (nSPS) is 13.5. The SMILES string of the molecule is CCCC(Cl)CNc1cccc(C(F)(F)F)n1. The van der Waals surface area contributed by atoms with Crippen molar-refractivity contribution in [1.29, 1.82) is 0 Å². The van der Waals surface area contributed by atoms with E-state index < -0.39 is 11.9 Å². The second-order valence-corrected chi connectivity index (χ2v) is 4.29. The van der Waals surface area contributed by atoms with Crippen LogP contribution in [-0.4, -0.2) is 16.9 Å². The third-order valence-electron chi connectivity index (χ3n) is 2.15. The number of hydrogen-bond donors (Lipinski definition) is 1. The minimum atomic E-state index is -4.42. The van der Waals surface area contributed by atoms with Crippen molar-refractivity contribution in [2.24, 2.45) is 0 Å². The van der Waals surface area contributed by atoms with E-state index in [2.05, 4.69) is 10.3 Å². The van der Waals surface area contributed by atoms with Crippen molar-refractivity contribution in [3.8, 4) is 0 Å². The van der Waals surface area contributed by atoms with Gasteiger partial charge in [-0.1, -0.05) is 19.4 Å². The van der Waals surface area contributed by atoms with Gasteiger partial charge in [-0.15, -0.1) is 11.6 Å². The van der Waals surface area contributed by atoms with Gasteiger partial charge in [0.15, 0.2) is 0 Å². The van der Waals surface area contributed by atoms with Crippen LogP contribution in [0.3, 0.4) is 0 Å². The summed E-state index contributed by atoms with van der Waals surface area (Å²) >= 11 is 5.95. The van der Waals surface area contributed by atoms with E-state index in [0.717, 1.165) is 18.9 Å². The molecule has 1 atom stereocenters. The lowest BCUT2D eigenvalue weighted by atomic mass is 10.2. The van der Waals surface area contributed by atoms with Crippen molar-refractivity contribution in [1.82, 2.24) is 4.98 Å². The van der Waals surface area contributed by atoms with Gasteiger partial charge in [-0.05, 0) is 18.6 Å². The van der Waals surface area contributed by atoms with Crippen molar-refractivity contribution in [3.63, 3.8) is 0 Å². The molecule has 0 saturated heterocycles. The number of anilines is 1. The van der Waals surface area contributed by atoms with Gasteiger partial charge in [0.1, 0.15) is 11.5 Å². The summed E-state index contributed by atoms with van der Waals surface area (Å²) in [6.45, 7) is 2.40. The van der Waals surface area contributed by atoms with Crippen LogP contribution in [0.2, 0.25) is 0 Å². The minimum Gasteiger partial charge on any atom is -0.369 e. The highest BCUT2D eigenvalue weighted by Gasteiger charge is 2.32. The van der Waals surface area contributed by atoms with Crippen molar-refractivity contribution >= 4 is 17.4 Å². The molecule has 1 unspecified atom stereocenters. The fraction of sp³-hybridized carbons (Fsp3) is 0.545. The second kappa shape index (κ2) is 6.10. The Balaban J connectivity index is 2.60. The van der Waals surface area contributed by atoms with Crippen LogP contribution in [0.15, 0.2) is 18.2 Å². The standard InChI is InChI=1S/C11H14ClF3N2/c1-2-4-8(12)7-16-10-6-3-5-9(17-10)11(13,14)15/h3,5-6,8H,2,4,7H2,1H3,(H,16,17). The predicted octanol–water partition coefficient (Wildman–Crippen LogP) is 3.92. The van der Waals surface area contributed by atoms with E-state index in [4.69, 9.17) is 11.6 Å². The van der Waals surface area contributed by atoms with Crippen LogP contribution < -0.4 is 5.32 Å². The number of hydrogen-bond acceptors (Lipinski definition) is 2. The summed E-state index contributed by atoms with van der Waals surface area (Å²) in [7, 11) is 0. The van der Waals surface area contributed by atoms with Gasteiger partial charge in [0.25, 0.3) is 0 Å². The number of pyridine rings is 1. The van der Waals surface area contributed by atoms with Crippen molar-refractivity contribution in [3.05, 3.63) is 23.9 Å². The van der Waals surface area contributed by atoms with Gasteiger partial charge in [0.05, 0.1) is 5.38 Å². The molecule has 0 amide bonds. The summed E-state index contributed by atoms with van der Waals surface area (Å²) in [4.78, 5) is 3.48. The maximum Gasteiger partial charge on any atom is 0.433 e. The Morgan fingerprint density at radius 1 is 1.41 bits per heavy atom. The number of nitrogens with zero attached hydrogens (tertiary/aromatic N) is 1. The first-order valence-electron chi connectivity index (χ1n) is 5.35. The molecule has 0 aliphatic carbocycles. The van der Waals surface area contributed by atoms with Crippen molar-refractivity contribution in [2.45, 2.75) is 31.3 Å². The molecular formula is C11H14ClF3N2. The molecule has 0 aliphatic heterocycles. The minimum absolute atomic E-state index is 0.101. The van der Waals surface area contributed by atoms with Crippen LogP contribution in [0, 0.1) is 0 Å². The van der Waals surface area contributed by atoms with Crippen LogP contribution >= 0.6 is 11.6 Å². The summed E-state index contributed by atoms with van der Waals surface area (Å²) < 4.78 is 37.1. The van der Waals surface area contributed by atoms with Gasteiger partial charge in [-0.3, -0.25) is 0 Å². The van der Waals surface area contributed by atoms with E-state index in [1.165, 1.54) is 12.1 Å². The van der Waals surface area contributed by atoms with E-state index in [9.17, 15) is 13.2 Å². The Morgan fingerprint density at radius 2 is 2.12 bits per heavy atom. The fourth-order valence-corrected chi connectivity index (χ4v) is 1.62. The summed E-state index contributed by atoms with van der Waals surface area (Å²) in [5, 5.41) is 2.70. The van der Waals surface area contributed by atoms with Crippen LogP contribution in [0.1, 0.15) is 25.5 Å². The summed E-state index contributed by atoms with van der Waals surface area (Å²) in [5.41, 5.74) is -0.899. The zero-order valence-corrected chi connectivity index (χ0v) is 10.1. The fourth-order valence-electron chi connectivity index (χ4n) is 1.32. The zero-order chi connectivity index (χ0) is 12.9. The lowest BCUT2D eigenvalue weighted by Crippen LogP contribution is -2.16.